The Hall–Kier alpha value is -0.0800. The molecule has 1 fully saturated rings. The van der Waals surface area contributed by atoms with E-state index in [0.29, 0.717) is 18.1 Å². The summed E-state index contributed by atoms with van der Waals surface area (Å²) in [6.45, 7) is 8.24. The summed E-state index contributed by atoms with van der Waals surface area (Å²) < 4.78 is 11.7. The zero-order valence-electron chi connectivity index (χ0n) is 11.2. The van der Waals surface area contributed by atoms with Crippen molar-refractivity contribution in [3.8, 4) is 0 Å². The number of hydrogen-bond acceptors (Lipinski definition) is 2. The van der Waals surface area contributed by atoms with Crippen LogP contribution in [0.25, 0.3) is 0 Å². The maximum absolute atomic E-state index is 5.99. The van der Waals surface area contributed by atoms with Gasteiger partial charge in [-0.2, -0.15) is 0 Å². The van der Waals surface area contributed by atoms with Crippen molar-refractivity contribution >= 4 is 0 Å². The molecule has 0 aromatic heterocycles. The van der Waals surface area contributed by atoms with Gasteiger partial charge in [0.1, 0.15) is 0 Å². The first-order chi connectivity index (χ1) is 7.74. The van der Waals surface area contributed by atoms with E-state index in [1.54, 1.807) is 0 Å². The van der Waals surface area contributed by atoms with Gasteiger partial charge >= 0.3 is 0 Å². The van der Waals surface area contributed by atoms with Crippen LogP contribution in [0.4, 0.5) is 0 Å². The van der Waals surface area contributed by atoms with E-state index in [1.165, 1.54) is 38.5 Å². The third-order valence-electron chi connectivity index (χ3n) is 3.31. The van der Waals surface area contributed by atoms with Crippen LogP contribution in [0.5, 0.6) is 0 Å². The highest BCUT2D eigenvalue weighted by Crippen LogP contribution is 2.27. The van der Waals surface area contributed by atoms with Crippen molar-refractivity contribution < 1.29 is 9.47 Å². The first-order valence-electron chi connectivity index (χ1n) is 6.97. The number of unbranched alkanes of at least 4 members (excludes halogenated alkanes) is 1. The van der Waals surface area contributed by atoms with Crippen LogP contribution in [0.1, 0.15) is 59.3 Å². The van der Waals surface area contributed by atoms with Crippen molar-refractivity contribution in [3.63, 3.8) is 0 Å². The molecule has 1 aliphatic carbocycles. The van der Waals surface area contributed by atoms with Crippen molar-refractivity contribution in [1.29, 1.82) is 0 Å². The molecule has 2 heteroatoms. The van der Waals surface area contributed by atoms with E-state index >= 15 is 0 Å². The van der Waals surface area contributed by atoms with E-state index < -0.39 is 0 Å². The van der Waals surface area contributed by atoms with Gasteiger partial charge in [-0.3, -0.25) is 0 Å². The SMILES string of the molecule is CCCCOC1CCCCC1COC(C)C. The number of rotatable bonds is 7. The summed E-state index contributed by atoms with van der Waals surface area (Å²) in [7, 11) is 0. The lowest BCUT2D eigenvalue weighted by Gasteiger charge is -2.31. The van der Waals surface area contributed by atoms with Gasteiger partial charge in [0.25, 0.3) is 0 Å². The standard InChI is InChI=1S/C14H28O2/c1-4-5-10-15-14-9-7-6-8-13(14)11-16-12(2)3/h12-14H,4-11H2,1-3H3. The molecule has 0 aromatic carbocycles. The average molecular weight is 228 g/mol. The lowest BCUT2D eigenvalue weighted by atomic mass is 9.87. The third kappa shape index (κ3) is 5.31. The number of hydrogen-bond donors (Lipinski definition) is 0. The van der Waals surface area contributed by atoms with Crippen LogP contribution in [0.2, 0.25) is 0 Å². The van der Waals surface area contributed by atoms with E-state index in [1.807, 2.05) is 0 Å². The summed E-state index contributed by atoms with van der Waals surface area (Å²) in [6.07, 6.45) is 8.40. The van der Waals surface area contributed by atoms with E-state index in [-0.39, 0.29) is 0 Å². The molecule has 1 saturated carbocycles. The normalized spacial score (nSPS) is 26.2. The van der Waals surface area contributed by atoms with Crippen LogP contribution in [-0.4, -0.2) is 25.4 Å². The first kappa shape index (κ1) is 14.0. The van der Waals surface area contributed by atoms with Gasteiger partial charge in [-0.25, -0.2) is 0 Å². The second kappa shape index (κ2) is 8.08. The topological polar surface area (TPSA) is 18.5 Å². The maximum atomic E-state index is 5.99. The molecule has 96 valence electrons. The monoisotopic (exact) mass is 228 g/mol. The van der Waals surface area contributed by atoms with Gasteiger partial charge in [-0.05, 0) is 33.1 Å². The molecule has 2 unspecified atom stereocenters. The molecule has 2 atom stereocenters. The largest absolute Gasteiger partial charge is 0.378 e. The fourth-order valence-corrected chi connectivity index (χ4v) is 2.28. The predicted octanol–water partition coefficient (Wildman–Crippen LogP) is 3.79. The highest BCUT2D eigenvalue weighted by atomic mass is 16.5. The summed E-state index contributed by atoms with van der Waals surface area (Å²) in [5, 5.41) is 0. The van der Waals surface area contributed by atoms with Gasteiger partial charge in [0.2, 0.25) is 0 Å². The van der Waals surface area contributed by atoms with Crippen molar-refractivity contribution in [2.45, 2.75) is 71.5 Å². The molecular weight excluding hydrogens is 200 g/mol. The highest BCUT2D eigenvalue weighted by Gasteiger charge is 2.25. The van der Waals surface area contributed by atoms with Gasteiger partial charge in [0.05, 0.1) is 18.8 Å². The lowest BCUT2D eigenvalue weighted by molar-refractivity contribution is -0.0538. The molecule has 2 nitrogen and oxygen atoms in total. The second-order valence-electron chi connectivity index (χ2n) is 5.19. The fraction of sp³-hybridized carbons (Fsp3) is 1.00. The van der Waals surface area contributed by atoms with E-state index in [4.69, 9.17) is 9.47 Å². The third-order valence-corrected chi connectivity index (χ3v) is 3.31. The summed E-state index contributed by atoms with van der Waals surface area (Å²) in [5.41, 5.74) is 0. The number of ether oxygens (including phenoxy) is 2. The molecule has 0 amide bonds. The smallest absolute Gasteiger partial charge is 0.0625 e. The molecule has 0 saturated heterocycles. The second-order valence-corrected chi connectivity index (χ2v) is 5.19. The molecule has 0 bridgehead atoms. The Morgan fingerprint density at radius 1 is 1.19 bits per heavy atom. The van der Waals surface area contributed by atoms with E-state index in [9.17, 15) is 0 Å². The minimum Gasteiger partial charge on any atom is -0.378 e. The predicted molar refractivity (Wildman–Crippen MR) is 67.7 cm³/mol. The molecule has 0 aromatic rings. The Bertz CT molecular complexity index is 168. The van der Waals surface area contributed by atoms with Crippen LogP contribution < -0.4 is 0 Å². The van der Waals surface area contributed by atoms with Crippen LogP contribution in [0.3, 0.4) is 0 Å². The summed E-state index contributed by atoms with van der Waals surface area (Å²) in [4.78, 5) is 0. The van der Waals surface area contributed by atoms with Crippen molar-refractivity contribution in [2.75, 3.05) is 13.2 Å². The van der Waals surface area contributed by atoms with Crippen LogP contribution in [0, 0.1) is 5.92 Å². The Morgan fingerprint density at radius 2 is 1.94 bits per heavy atom. The summed E-state index contributed by atoms with van der Waals surface area (Å²) in [6, 6.07) is 0. The molecule has 0 radical (unpaired) electrons. The Morgan fingerprint density at radius 3 is 2.62 bits per heavy atom. The Kier molecular flexibility index (Phi) is 7.06. The zero-order chi connectivity index (χ0) is 11.8. The van der Waals surface area contributed by atoms with Crippen LogP contribution in [-0.2, 0) is 9.47 Å². The van der Waals surface area contributed by atoms with Gasteiger partial charge in [-0.1, -0.05) is 26.2 Å². The van der Waals surface area contributed by atoms with Gasteiger partial charge < -0.3 is 9.47 Å². The zero-order valence-corrected chi connectivity index (χ0v) is 11.2. The van der Waals surface area contributed by atoms with E-state index in [0.717, 1.165) is 13.2 Å². The molecule has 16 heavy (non-hydrogen) atoms. The first-order valence-corrected chi connectivity index (χ1v) is 6.97. The molecule has 0 heterocycles. The molecular formula is C14H28O2. The minimum absolute atomic E-state index is 0.346. The lowest BCUT2D eigenvalue weighted by Crippen LogP contribution is -2.32. The van der Waals surface area contributed by atoms with Gasteiger partial charge in [-0.15, -0.1) is 0 Å². The van der Waals surface area contributed by atoms with Gasteiger partial charge in [0.15, 0.2) is 0 Å². The van der Waals surface area contributed by atoms with Crippen molar-refractivity contribution in [1.82, 2.24) is 0 Å². The molecule has 1 aliphatic rings. The quantitative estimate of drug-likeness (QED) is 0.617. The highest BCUT2D eigenvalue weighted by molar-refractivity contribution is 4.76. The molecule has 0 spiro atoms. The Labute approximate surface area is 101 Å². The average Bonchev–Trinajstić information content (AvgIpc) is 2.28. The summed E-state index contributed by atoms with van der Waals surface area (Å²) >= 11 is 0. The summed E-state index contributed by atoms with van der Waals surface area (Å²) in [5.74, 6) is 0.632. The molecule has 1 rings (SSSR count). The van der Waals surface area contributed by atoms with Crippen molar-refractivity contribution in [2.24, 2.45) is 5.92 Å². The molecule has 0 aliphatic heterocycles. The maximum Gasteiger partial charge on any atom is 0.0625 e. The van der Waals surface area contributed by atoms with Gasteiger partial charge in [0, 0.05) is 12.5 Å². The van der Waals surface area contributed by atoms with Crippen LogP contribution in [0.15, 0.2) is 0 Å². The van der Waals surface area contributed by atoms with Crippen molar-refractivity contribution in [3.05, 3.63) is 0 Å². The van der Waals surface area contributed by atoms with E-state index in [2.05, 4.69) is 20.8 Å². The Balaban J connectivity index is 2.26. The molecule has 0 N–H and O–H groups in total. The van der Waals surface area contributed by atoms with Crippen LogP contribution >= 0.6 is 0 Å². The minimum atomic E-state index is 0.346. The fourth-order valence-electron chi connectivity index (χ4n) is 2.28.